The molecular formula is C11H18N4O2. The molecule has 1 amide bonds. The quantitative estimate of drug-likeness (QED) is 0.801. The van der Waals surface area contributed by atoms with Gasteiger partial charge in [0, 0.05) is 19.5 Å². The molecule has 0 unspecified atom stereocenters. The number of aromatic nitrogens is 2. The monoisotopic (exact) mass is 238 g/mol. The molecule has 1 aromatic heterocycles. The van der Waals surface area contributed by atoms with E-state index in [2.05, 4.69) is 22.4 Å². The lowest BCUT2D eigenvalue weighted by molar-refractivity contribution is -0.124. The van der Waals surface area contributed by atoms with Crippen LogP contribution in [-0.4, -0.2) is 40.6 Å². The highest BCUT2D eigenvalue weighted by Crippen LogP contribution is 2.06. The number of unbranched alkanes of at least 4 members (excludes halogenated alkanes) is 1. The van der Waals surface area contributed by atoms with Crippen LogP contribution in [0.3, 0.4) is 0 Å². The summed E-state index contributed by atoms with van der Waals surface area (Å²) in [4.78, 5) is 17.5. The number of nitrogens with one attached hydrogen (secondary N) is 1. The summed E-state index contributed by atoms with van der Waals surface area (Å²) in [5.74, 6) is 1.43. The first kappa shape index (κ1) is 12.0. The lowest BCUT2D eigenvalue weighted by Crippen LogP contribution is -2.47. The number of rotatable bonds is 5. The van der Waals surface area contributed by atoms with Crippen molar-refractivity contribution in [3.8, 4) is 0 Å². The second kappa shape index (κ2) is 5.77. The number of carbonyl (C=O) groups is 1. The first-order chi connectivity index (χ1) is 8.28. The Morgan fingerprint density at radius 2 is 2.41 bits per heavy atom. The molecule has 1 aliphatic rings. The molecule has 1 saturated heterocycles. The predicted molar refractivity (Wildman–Crippen MR) is 61.2 cm³/mol. The van der Waals surface area contributed by atoms with Crippen LogP contribution in [0.1, 0.15) is 31.5 Å². The van der Waals surface area contributed by atoms with E-state index in [0.29, 0.717) is 25.5 Å². The van der Waals surface area contributed by atoms with Crippen molar-refractivity contribution in [3.63, 3.8) is 0 Å². The largest absolute Gasteiger partial charge is 0.354 e. The van der Waals surface area contributed by atoms with Crippen molar-refractivity contribution in [2.24, 2.45) is 0 Å². The minimum atomic E-state index is 0.0574. The maximum absolute atomic E-state index is 11.2. The van der Waals surface area contributed by atoms with Gasteiger partial charge in [0.25, 0.3) is 0 Å². The second-order valence-electron chi connectivity index (χ2n) is 4.27. The Balaban J connectivity index is 1.85. The Labute approximate surface area is 100 Å². The van der Waals surface area contributed by atoms with E-state index in [0.717, 1.165) is 31.6 Å². The number of hydrogen-bond acceptors (Lipinski definition) is 5. The number of piperazine rings is 1. The van der Waals surface area contributed by atoms with Crippen molar-refractivity contribution < 1.29 is 9.32 Å². The van der Waals surface area contributed by atoms with E-state index in [-0.39, 0.29) is 5.91 Å². The van der Waals surface area contributed by atoms with E-state index < -0.39 is 0 Å². The van der Waals surface area contributed by atoms with E-state index in [9.17, 15) is 4.79 Å². The van der Waals surface area contributed by atoms with Crippen LogP contribution in [0.15, 0.2) is 4.52 Å². The van der Waals surface area contributed by atoms with Gasteiger partial charge in [-0.15, -0.1) is 0 Å². The number of aryl methyl sites for hydroxylation is 1. The topological polar surface area (TPSA) is 71.3 Å². The summed E-state index contributed by atoms with van der Waals surface area (Å²) in [5, 5.41) is 6.71. The molecule has 1 fully saturated rings. The second-order valence-corrected chi connectivity index (χ2v) is 4.27. The van der Waals surface area contributed by atoms with Crippen LogP contribution in [0.25, 0.3) is 0 Å². The van der Waals surface area contributed by atoms with Crippen molar-refractivity contribution in [1.29, 1.82) is 0 Å². The van der Waals surface area contributed by atoms with Gasteiger partial charge < -0.3 is 9.84 Å². The van der Waals surface area contributed by atoms with Gasteiger partial charge in [0.05, 0.1) is 13.1 Å². The van der Waals surface area contributed by atoms with Crippen molar-refractivity contribution >= 4 is 5.91 Å². The number of carbonyl (C=O) groups excluding carboxylic acids is 1. The average Bonchev–Trinajstić information content (AvgIpc) is 2.74. The van der Waals surface area contributed by atoms with E-state index in [1.807, 2.05) is 4.90 Å². The van der Waals surface area contributed by atoms with Gasteiger partial charge in [-0.1, -0.05) is 18.5 Å². The molecule has 0 aliphatic carbocycles. The van der Waals surface area contributed by atoms with Crippen molar-refractivity contribution in [2.75, 3.05) is 19.6 Å². The maximum atomic E-state index is 11.2. The van der Waals surface area contributed by atoms with Gasteiger partial charge in [0.1, 0.15) is 0 Å². The first-order valence-corrected chi connectivity index (χ1v) is 6.08. The van der Waals surface area contributed by atoms with Crippen LogP contribution in [0.4, 0.5) is 0 Å². The molecule has 94 valence electrons. The van der Waals surface area contributed by atoms with Crippen LogP contribution < -0.4 is 5.32 Å². The smallest absolute Gasteiger partial charge is 0.240 e. The molecule has 2 rings (SSSR count). The maximum Gasteiger partial charge on any atom is 0.240 e. The Morgan fingerprint density at radius 1 is 1.53 bits per heavy atom. The fraction of sp³-hybridized carbons (Fsp3) is 0.727. The third kappa shape index (κ3) is 3.52. The molecule has 0 bridgehead atoms. The summed E-state index contributed by atoms with van der Waals surface area (Å²) in [6, 6.07) is 0. The highest BCUT2D eigenvalue weighted by Gasteiger charge is 2.18. The summed E-state index contributed by atoms with van der Waals surface area (Å²) in [5.41, 5.74) is 0. The zero-order chi connectivity index (χ0) is 12.1. The van der Waals surface area contributed by atoms with Crippen molar-refractivity contribution in [2.45, 2.75) is 32.7 Å². The van der Waals surface area contributed by atoms with Gasteiger partial charge in [-0.05, 0) is 6.42 Å². The first-order valence-electron chi connectivity index (χ1n) is 6.08. The van der Waals surface area contributed by atoms with Gasteiger partial charge in [-0.25, -0.2) is 0 Å². The van der Waals surface area contributed by atoms with Crippen LogP contribution in [-0.2, 0) is 17.8 Å². The Bertz CT molecular complexity index is 377. The molecule has 1 aromatic rings. The number of amides is 1. The Morgan fingerprint density at radius 3 is 3.18 bits per heavy atom. The van der Waals surface area contributed by atoms with Crippen LogP contribution in [0.2, 0.25) is 0 Å². The average molecular weight is 238 g/mol. The van der Waals surface area contributed by atoms with Crippen LogP contribution in [0.5, 0.6) is 0 Å². The summed E-state index contributed by atoms with van der Waals surface area (Å²) >= 11 is 0. The van der Waals surface area contributed by atoms with Gasteiger partial charge in [0.2, 0.25) is 11.8 Å². The zero-order valence-corrected chi connectivity index (χ0v) is 10.1. The predicted octanol–water partition coefficient (Wildman–Crippen LogP) is 0.344. The van der Waals surface area contributed by atoms with Crippen LogP contribution >= 0.6 is 0 Å². The lowest BCUT2D eigenvalue weighted by atomic mass is 10.2. The lowest BCUT2D eigenvalue weighted by Gasteiger charge is -2.24. The molecule has 6 heteroatoms. The fourth-order valence-corrected chi connectivity index (χ4v) is 1.81. The summed E-state index contributed by atoms with van der Waals surface area (Å²) in [7, 11) is 0. The fourth-order valence-electron chi connectivity index (χ4n) is 1.81. The van der Waals surface area contributed by atoms with Gasteiger partial charge in [-0.3, -0.25) is 9.69 Å². The normalized spacial score (nSPS) is 17.1. The van der Waals surface area contributed by atoms with E-state index in [4.69, 9.17) is 4.52 Å². The molecule has 2 heterocycles. The Kier molecular flexibility index (Phi) is 4.08. The van der Waals surface area contributed by atoms with E-state index in [1.165, 1.54) is 0 Å². The number of hydrogen-bond donors (Lipinski definition) is 1. The van der Waals surface area contributed by atoms with Gasteiger partial charge in [-0.2, -0.15) is 4.98 Å². The van der Waals surface area contributed by atoms with Crippen molar-refractivity contribution in [3.05, 3.63) is 11.7 Å². The zero-order valence-electron chi connectivity index (χ0n) is 10.1. The summed E-state index contributed by atoms with van der Waals surface area (Å²) in [6.45, 7) is 4.63. The third-order valence-electron chi connectivity index (χ3n) is 2.74. The minimum Gasteiger partial charge on any atom is -0.354 e. The number of nitrogens with zero attached hydrogens (tertiary/aromatic N) is 3. The molecule has 1 N–H and O–H groups in total. The molecule has 17 heavy (non-hydrogen) atoms. The minimum absolute atomic E-state index is 0.0574. The summed E-state index contributed by atoms with van der Waals surface area (Å²) in [6.07, 6.45) is 3.06. The molecule has 0 spiro atoms. The third-order valence-corrected chi connectivity index (χ3v) is 2.74. The Hall–Kier alpha value is -1.43. The molecule has 0 atom stereocenters. The highest BCUT2D eigenvalue weighted by atomic mass is 16.5. The van der Waals surface area contributed by atoms with E-state index in [1.54, 1.807) is 0 Å². The highest BCUT2D eigenvalue weighted by molar-refractivity contribution is 5.78. The van der Waals surface area contributed by atoms with Crippen LogP contribution in [0, 0.1) is 0 Å². The molecular weight excluding hydrogens is 220 g/mol. The van der Waals surface area contributed by atoms with Crippen molar-refractivity contribution in [1.82, 2.24) is 20.4 Å². The summed E-state index contributed by atoms with van der Waals surface area (Å²) < 4.78 is 5.17. The SMILES string of the molecule is CCCCc1noc(CN2CCNC(=O)C2)n1. The molecule has 1 aliphatic heterocycles. The standard InChI is InChI=1S/C11H18N4O2/c1-2-3-4-9-13-11(17-14-9)8-15-6-5-12-10(16)7-15/h2-8H2,1H3,(H,12,16). The van der Waals surface area contributed by atoms with Gasteiger partial charge >= 0.3 is 0 Å². The molecule has 0 saturated carbocycles. The van der Waals surface area contributed by atoms with E-state index >= 15 is 0 Å². The molecule has 6 nitrogen and oxygen atoms in total. The molecule has 0 aromatic carbocycles. The molecule has 0 radical (unpaired) electrons. The van der Waals surface area contributed by atoms with Gasteiger partial charge in [0.15, 0.2) is 5.82 Å².